The van der Waals surface area contributed by atoms with E-state index < -0.39 is 17.6 Å². The van der Waals surface area contributed by atoms with E-state index in [-0.39, 0.29) is 10.0 Å². The van der Waals surface area contributed by atoms with Crippen molar-refractivity contribution in [1.29, 1.82) is 0 Å². The molecule has 0 N–H and O–H groups in total. The lowest BCUT2D eigenvalue weighted by molar-refractivity contribution is -0.137. The van der Waals surface area contributed by atoms with E-state index in [1.54, 1.807) is 18.2 Å². The van der Waals surface area contributed by atoms with Crippen LogP contribution in [-0.4, -0.2) is 16.8 Å². The molecule has 8 heteroatoms. The van der Waals surface area contributed by atoms with E-state index >= 15 is 0 Å². The quantitative estimate of drug-likeness (QED) is 0.442. The Bertz CT molecular complexity index is 924. The smallest absolute Gasteiger partial charge is 0.416 e. The van der Waals surface area contributed by atoms with Crippen molar-refractivity contribution in [2.45, 2.75) is 19.5 Å². The predicted molar refractivity (Wildman–Crippen MR) is 109 cm³/mol. The van der Waals surface area contributed by atoms with Crippen LogP contribution < -0.4 is 9.64 Å². The zero-order valence-corrected chi connectivity index (χ0v) is 16.5. The van der Waals surface area contributed by atoms with Crippen molar-refractivity contribution in [1.82, 2.24) is 0 Å². The van der Waals surface area contributed by atoms with Crippen molar-refractivity contribution >= 4 is 46.0 Å². The van der Waals surface area contributed by atoms with Crippen LogP contribution in [0.25, 0.3) is 6.08 Å². The average Bonchev–Trinajstić information content (AvgIpc) is 2.94. The lowest BCUT2D eigenvalue weighted by Crippen LogP contribution is -2.27. The van der Waals surface area contributed by atoms with Crippen LogP contribution in [-0.2, 0) is 11.0 Å². The summed E-state index contributed by atoms with van der Waals surface area (Å²) in [5.74, 6) is 0.288. The van der Waals surface area contributed by atoms with Crippen molar-refractivity contribution < 1.29 is 22.7 Å². The lowest BCUT2D eigenvalue weighted by Gasteiger charge is -2.16. The highest BCUT2D eigenvalue weighted by Gasteiger charge is 2.36. The molecule has 0 radical (unpaired) electrons. The molecule has 0 atom stereocenters. The molecule has 0 unspecified atom stereocenters. The van der Waals surface area contributed by atoms with Gasteiger partial charge in [-0.1, -0.05) is 49.1 Å². The van der Waals surface area contributed by atoms with Gasteiger partial charge in [-0.3, -0.25) is 9.69 Å². The van der Waals surface area contributed by atoms with Crippen molar-refractivity contribution in [2.75, 3.05) is 11.5 Å². The number of alkyl halides is 3. The fourth-order valence-electron chi connectivity index (χ4n) is 2.54. The predicted octanol–water partition coefficient (Wildman–Crippen LogP) is 5.90. The number of hydrogen-bond acceptors (Lipinski definition) is 4. The maximum absolute atomic E-state index is 13.0. The molecule has 1 fully saturated rings. The molecule has 3 nitrogen and oxygen atoms in total. The first-order valence-electron chi connectivity index (χ1n) is 8.47. The standard InChI is InChI=1S/C20H16F3NO2S2/c1-2-10-26-16-8-6-13(7-9-16)11-17-18(25)24(19(27)28-17)15-5-3-4-14(12-15)20(21,22)23/h3-9,11-12H,2,10H2,1H3/b17-11-. The van der Waals surface area contributed by atoms with Gasteiger partial charge in [-0.2, -0.15) is 13.2 Å². The molecule has 1 aliphatic rings. The van der Waals surface area contributed by atoms with Crippen molar-refractivity contribution in [3.63, 3.8) is 0 Å². The van der Waals surface area contributed by atoms with Gasteiger partial charge in [0, 0.05) is 0 Å². The summed E-state index contributed by atoms with van der Waals surface area (Å²) >= 11 is 6.28. The molecular weight excluding hydrogens is 407 g/mol. The van der Waals surface area contributed by atoms with Crippen molar-refractivity contribution in [3.8, 4) is 5.75 Å². The highest BCUT2D eigenvalue weighted by molar-refractivity contribution is 8.27. The molecule has 2 aromatic rings. The summed E-state index contributed by atoms with van der Waals surface area (Å²) < 4.78 is 44.6. The van der Waals surface area contributed by atoms with Gasteiger partial charge in [-0.15, -0.1) is 0 Å². The number of amides is 1. The molecule has 0 aliphatic carbocycles. The molecule has 0 bridgehead atoms. The summed E-state index contributed by atoms with van der Waals surface area (Å²) in [7, 11) is 0. The fraction of sp³-hybridized carbons (Fsp3) is 0.200. The first kappa shape index (κ1) is 20.4. The second-order valence-electron chi connectivity index (χ2n) is 5.98. The van der Waals surface area contributed by atoms with Crippen LogP contribution in [0.5, 0.6) is 5.75 Å². The Morgan fingerprint density at radius 1 is 1.18 bits per heavy atom. The van der Waals surface area contributed by atoms with Gasteiger partial charge >= 0.3 is 6.18 Å². The van der Waals surface area contributed by atoms with Crippen molar-refractivity contribution in [2.24, 2.45) is 0 Å². The number of thioether (sulfide) groups is 1. The zero-order chi connectivity index (χ0) is 20.3. The van der Waals surface area contributed by atoms with E-state index in [9.17, 15) is 18.0 Å². The van der Waals surface area contributed by atoms with Crippen LogP contribution in [0.1, 0.15) is 24.5 Å². The molecular formula is C20H16F3NO2S2. The number of nitrogens with zero attached hydrogens (tertiary/aromatic N) is 1. The van der Waals surface area contributed by atoms with Gasteiger partial charge in [0.15, 0.2) is 4.32 Å². The number of carbonyl (C=O) groups excluding carboxylic acids is 1. The SMILES string of the molecule is CCCOc1ccc(/C=C2\SC(=S)N(c3cccc(C(F)(F)F)c3)C2=O)cc1. The molecule has 1 heterocycles. The van der Waals surface area contributed by atoms with Crippen molar-refractivity contribution in [3.05, 3.63) is 64.6 Å². The second-order valence-corrected chi connectivity index (χ2v) is 7.66. The number of anilines is 1. The van der Waals surface area contributed by atoms with Gasteiger partial charge in [-0.25, -0.2) is 0 Å². The first-order valence-corrected chi connectivity index (χ1v) is 9.70. The molecule has 0 aromatic heterocycles. The van der Waals surface area contributed by atoms with E-state index in [1.807, 2.05) is 19.1 Å². The number of benzene rings is 2. The minimum atomic E-state index is -4.49. The molecule has 1 aliphatic heterocycles. The normalized spacial score (nSPS) is 16.1. The highest BCUT2D eigenvalue weighted by Crippen LogP contribution is 2.38. The van der Waals surface area contributed by atoms with Gasteiger partial charge in [0.25, 0.3) is 5.91 Å². The number of rotatable bonds is 5. The Morgan fingerprint density at radius 3 is 2.54 bits per heavy atom. The van der Waals surface area contributed by atoms with E-state index in [0.717, 1.165) is 46.5 Å². The third kappa shape index (κ3) is 4.56. The van der Waals surface area contributed by atoms with Gasteiger partial charge in [0.2, 0.25) is 0 Å². The molecule has 2 aromatic carbocycles. The van der Waals surface area contributed by atoms with Crippen LogP contribution in [0.4, 0.5) is 18.9 Å². The molecule has 0 saturated carbocycles. The number of ether oxygens (including phenoxy) is 1. The number of thiocarbonyl (C=S) groups is 1. The van der Waals surface area contributed by atoms with Crippen LogP contribution in [0.2, 0.25) is 0 Å². The van der Waals surface area contributed by atoms with E-state index in [2.05, 4.69) is 0 Å². The summed E-state index contributed by atoms with van der Waals surface area (Å²) in [6.07, 6.45) is -1.93. The summed E-state index contributed by atoms with van der Waals surface area (Å²) in [4.78, 5) is 14.2. The monoisotopic (exact) mass is 423 g/mol. The topological polar surface area (TPSA) is 29.5 Å². The summed E-state index contributed by atoms with van der Waals surface area (Å²) in [6, 6.07) is 11.8. The Balaban J connectivity index is 1.83. The minimum absolute atomic E-state index is 0.101. The van der Waals surface area contributed by atoms with Crippen LogP contribution >= 0.6 is 24.0 Å². The molecule has 28 heavy (non-hydrogen) atoms. The fourth-order valence-corrected chi connectivity index (χ4v) is 3.84. The second kappa shape index (κ2) is 8.36. The molecule has 0 spiro atoms. The third-order valence-corrected chi connectivity index (χ3v) is 5.18. The van der Waals surface area contributed by atoms with E-state index in [1.165, 1.54) is 12.1 Å². The van der Waals surface area contributed by atoms with E-state index in [0.29, 0.717) is 11.5 Å². The highest BCUT2D eigenvalue weighted by atomic mass is 32.2. The van der Waals surface area contributed by atoms with Crippen LogP contribution in [0.3, 0.4) is 0 Å². The van der Waals surface area contributed by atoms with Gasteiger partial charge in [-0.05, 0) is 48.4 Å². The largest absolute Gasteiger partial charge is 0.494 e. The lowest BCUT2D eigenvalue weighted by atomic mass is 10.1. The molecule has 1 amide bonds. The van der Waals surface area contributed by atoms with E-state index in [4.69, 9.17) is 17.0 Å². The van der Waals surface area contributed by atoms with Gasteiger partial charge < -0.3 is 4.74 Å². The molecule has 146 valence electrons. The first-order chi connectivity index (χ1) is 13.3. The Morgan fingerprint density at radius 2 is 1.89 bits per heavy atom. The average molecular weight is 423 g/mol. The molecule has 3 rings (SSSR count). The Kier molecular flexibility index (Phi) is 6.10. The summed E-state index contributed by atoms with van der Waals surface area (Å²) in [5, 5.41) is 0. The Hall–Kier alpha value is -2.32. The number of carbonyl (C=O) groups is 1. The zero-order valence-electron chi connectivity index (χ0n) is 14.8. The minimum Gasteiger partial charge on any atom is -0.494 e. The summed E-state index contributed by atoms with van der Waals surface area (Å²) in [6.45, 7) is 2.63. The van der Waals surface area contributed by atoms with Crippen LogP contribution in [0, 0.1) is 0 Å². The maximum Gasteiger partial charge on any atom is 0.416 e. The number of halogens is 3. The third-order valence-electron chi connectivity index (χ3n) is 3.88. The Labute approximate surface area is 170 Å². The van der Waals surface area contributed by atoms with Gasteiger partial charge in [0.05, 0.1) is 22.8 Å². The maximum atomic E-state index is 13.0. The number of hydrogen-bond donors (Lipinski definition) is 0. The van der Waals surface area contributed by atoms with Gasteiger partial charge in [0.1, 0.15) is 5.75 Å². The van der Waals surface area contributed by atoms with Crippen LogP contribution in [0.15, 0.2) is 53.4 Å². The summed E-state index contributed by atoms with van der Waals surface area (Å²) in [5.41, 5.74) is 0.0446. The molecule has 1 saturated heterocycles.